The molecular weight excluding hydrogens is 358 g/mol. The Morgan fingerprint density at radius 1 is 1.17 bits per heavy atom. The molecule has 0 spiro atoms. The number of carbonyl (C=O) groups excluding carboxylic acids is 1. The number of rotatable bonds is 3. The Labute approximate surface area is 143 Å². The lowest BCUT2D eigenvalue weighted by atomic mass is 10.3. The molecule has 3 rings (SSSR count). The Morgan fingerprint density at radius 3 is 2.61 bits per heavy atom. The second-order valence-electron chi connectivity index (χ2n) is 5.52. The maximum atomic E-state index is 12.4. The average Bonchev–Trinajstić information content (AvgIpc) is 2.56. The molecule has 1 aliphatic rings. The molecular formula is C16H18BrN5O. The molecule has 0 radical (unpaired) electrons. The van der Waals surface area contributed by atoms with Gasteiger partial charge in [0.25, 0.3) is 5.91 Å². The third-order valence-corrected chi connectivity index (χ3v) is 4.25. The van der Waals surface area contributed by atoms with E-state index in [1.54, 1.807) is 6.20 Å². The van der Waals surface area contributed by atoms with E-state index in [1.165, 1.54) is 6.20 Å². The molecule has 0 saturated carbocycles. The third kappa shape index (κ3) is 4.05. The van der Waals surface area contributed by atoms with Crippen LogP contribution in [0.4, 0.5) is 11.5 Å². The fraction of sp³-hybridized carbons (Fsp3) is 0.312. The molecule has 0 unspecified atom stereocenters. The number of nitrogens with one attached hydrogen (secondary N) is 1. The number of piperazine rings is 1. The number of halogens is 1. The standard InChI is InChI=1S/C16H18BrN5O/c1-21-5-7-22(8-6-21)16(23)14-10-19-15(11-18-14)20-13-4-2-3-12(17)9-13/h2-4,9-11H,5-8H2,1H3,(H,19,20). The summed E-state index contributed by atoms with van der Waals surface area (Å²) in [5.41, 5.74) is 1.29. The van der Waals surface area contributed by atoms with Crippen LogP contribution in [-0.2, 0) is 0 Å². The van der Waals surface area contributed by atoms with Crippen molar-refractivity contribution >= 4 is 33.3 Å². The first-order valence-electron chi connectivity index (χ1n) is 7.44. The van der Waals surface area contributed by atoms with Crippen LogP contribution >= 0.6 is 15.9 Å². The number of benzene rings is 1. The lowest BCUT2D eigenvalue weighted by Gasteiger charge is -2.32. The van der Waals surface area contributed by atoms with Gasteiger partial charge in [-0.1, -0.05) is 22.0 Å². The summed E-state index contributed by atoms with van der Waals surface area (Å²) in [6, 6.07) is 7.78. The smallest absolute Gasteiger partial charge is 0.274 e. The molecule has 6 nitrogen and oxygen atoms in total. The van der Waals surface area contributed by atoms with Gasteiger partial charge < -0.3 is 15.1 Å². The van der Waals surface area contributed by atoms with Gasteiger partial charge in [0.2, 0.25) is 0 Å². The van der Waals surface area contributed by atoms with Crippen molar-refractivity contribution in [1.82, 2.24) is 19.8 Å². The minimum absolute atomic E-state index is 0.0559. The Bertz CT molecular complexity index is 683. The maximum Gasteiger partial charge on any atom is 0.274 e. The van der Waals surface area contributed by atoms with Crippen molar-refractivity contribution in [3.05, 3.63) is 46.8 Å². The van der Waals surface area contributed by atoms with Gasteiger partial charge in [0.15, 0.2) is 0 Å². The summed E-state index contributed by atoms with van der Waals surface area (Å²) in [6.07, 6.45) is 3.12. The number of hydrogen-bond acceptors (Lipinski definition) is 5. The van der Waals surface area contributed by atoms with Crippen LogP contribution in [-0.4, -0.2) is 58.9 Å². The summed E-state index contributed by atoms with van der Waals surface area (Å²) in [6.45, 7) is 3.24. The highest BCUT2D eigenvalue weighted by atomic mass is 79.9. The predicted octanol–water partition coefficient (Wildman–Crippen LogP) is 2.37. The van der Waals surface area contributed by atoms with Gasteiger partial charge in [-0.05, 0) is 25.2 Å². The van der Waals surface area contributed by atoms with E-state index in [4.69, 9.17) is 0 Å². The van der Waals surface area contributed by atoms with E-state index in [0.29, 0.717) is 11.5 Å². The molecule has 2 aromatic rings. The van der Waals surface area contributed by atoms with Crippen LogP contribution in [0.5, 0.6) is 0 Å². The van der Waals surface area contributed by atoms with E-state index in [9.17, 15) is 4.79 Å². The fourth-order valence-corrected chi connectivity index (χ4v) is 2.79. The summed E-state index contributed by atoms with van der Waals surface area (Å²) in [5, 5.41) is 3.16. The summed E-state index contributed by atoms with van der Waals surface area (Å²) in [7, 11) is 2.06. The second-order valence-corrected chi connectivity index (χ2v) is 6.43. The second kappa shape index (κ2) is 7.06. The van der Waals surface area contributed by atoms with Crippen LogP contribution in [0.3, 0.4) is 0 Å². The van der Waals surface area contributed by atoms with E-state index >= 15 is 0 Å². The van der Waals surface area contributed by atoms with E-state index < -0.39 is 0 Å². The van der Waals surface area contributed by atoms with Crippen molar-refractivity contribution < 1.29 is 4.79 Å². The maximum absolute atomic E-state index is 12.4. The van der Waals surface area contributed by atoms with Gasteiger partial charge in [0, 0.05) is 36.3 Å². The summed E-state index contributed by atoms with van der Waals surface area (Å²) in [5.74, 6) is 0.553. The summed E-state index contributed by atoms with van der Waals surface area (Å²) >= 11 is 3.42. The molecule has 1 aliphatic heterocycles. The molecule has 0 aliphatic carbocycles. The van der Waals surface area contributed by atoms with E-state index in [0.717, 1.165) is 36.3 Å². The molecule has 1 aromatic heterocycles. The zero-order valence-electron chi connectivity index (χ0n) is 12.9. The van der Waals surface area contributed by atoms with Gasteiger partial charge in [-0.15, -0.1) is 0 Å². The minimum Gasteiger partial charge on any atom is -0.339 e. The molecule has 1 N–H and O–H groups in total. The number of carbonyl (C=O) groups is 1. The molecule has 23 heavy (non-hydrogen) atoms. The Balaban J connectivity index is 1.66. The van der Waals surface area contributed by atoms with Crippen molar-refractivity contribution in [3.63, 3.8) is 0 Å². The zero-order valence-corrected chi connectivity index (χ0v) is 14.5. The normalized spacial score (nSPS) is 15.5. The Morgan fingerprint density at radius 2 is 1.96 bits per heavy atom. The Kier molecular flexibility index (Phi) is 4.88. The van der Waals surface area contributed by atoms with E-state index in [1.807, 2.05) is 29.2 Å². The van der Waals surface area contributed by atoms with Gasteiger partial charge >= 0.3 is 0 Å². The average molecular weight is 376 g/mol. The first kappa shape index (κ1) is 15.9. The fourth-order valence-electron chi connectivity index (χ4n) is 2.39. The number of hydrogen-bond donors (Lipinski definition) is 1. The van der Waals surface area contributed by atoms with E-state index in [2.05, 4.69) is 43.2 Å². The molecule has 0 atom stereocenters. The molecule has 1 fully saturated rings. The number of likely N-dealkylation sites (N-methyl/N-ethyl adjacent to an activating group) is 1. The third-order valence-electron chi connectivity index (χ3n) is 3.76. The van der Waals surface area contributed by atoms with Crippen molar-refractivity contribution in [2.75, 3.05) is 38.5 Å². The molecule has 1 saturated heterocycles. The van der Waals surface area contributed by atoms with Crippen LogP contribution in [0.15, 0.2) is 41.1 Å². The largest absolute Gasteiger partial charge is 0.339 e. The highest BCUT2D eigenvalue weighted by Crippen LogP contribution is 2.19. The monoisotopic (exact) mass is 375 g/mol. The SMILES string of the molecule is CN1CCN(C(=O)c2cnc(Nc3cccc(Br)c3)cn2)CC1. The molecule has 7 heteroatoms. The van der Waals surface area contributed by atoms with Crippen LogP contribution in [0.1, 0.15) is 10.5 Å². The molecule has 1 amide bonds. The number of amides is 1. The van der Waals surface area contributed by atoms with Gasteiger partial charge in [-0.3, -0.25) is 4.79 Å². The molecule has 0 bridgehead atoms. The van der Waals surface area contributed by atoms with Crippen molar-refractivity contribution in [2.24, 2.45) is 0 Å². The highest BCUT2D eigenvalue weighted by molar-refractivity contribution is 9.10. The van der Waals surface area contributed by atoms with Crippen molar-refractivity contribution in [2.45, 2.75) is 0 Å². The number of aromatic nitrogens is 2. The quantitative estimate of drug-likeness (QED) is 0.891. The minimum atomic E-state index is -0.0559. The molecule has 1 aromatic carbocycles. The predicted molar refractivity (Wildman–Crippen MR) is 92.9 cm³/mol. The molecule has 2 heterocycles. The first-order valence-corrected chi connectivity index (χ1v) is 8.23. The lowest BCUT2D eigenvalue weighted by Crippen LogP contribution is -2.47. The summed E-state index contributed by atoms with van der Waals surface area (Å²) in [4.78, 5) is 25.0. The highest BCUT2D eigenvalue weighted by Gasteiger charge is 2.21. The Hall–Kier alpha value is -1.99. The van der Waals surface area contributed by atoms with Gasteiger partial charge in [0.05, 0.1) is 12.4 Å². The summed E-state index contributed by atoms with van der Waals surface area (Å²) < 4.78 is 0.984. The van der Waals surface area contributed by atoms with Gasteiger partial charge in [0.1, 0.15) is 11.5 Å². The molecule has 120 valence electrons. The van der Waals surface area contributed by atoms with Gasteiger partial charge in [-0.2, -0.15) is 0 Å². The topological polar surface area (TPSA) is 61.4 Å². The number of anilines is 2. The van der Waals surface area contributed by atoms with Crippen LogP contribution < -0.4 is 5.32 Å². The first-order chi connectivity index (χ1) is 11.1. The van der Waals surface area contributed by atoms with Crippen LogP contribution in [0.25, 0.3) is 0 Å². The van der Waals surface area contributed by atoms with Crippen molar-refractivity contribution in [3.8, 4) is 0 Å². The van der Waals surface area contributed by atoms with Crippen molar-refractivity contribution in [1.29, 1.82) is 0 Å². The van der Waals surface area contributed by atoms with Crippen LogP contribution in [0.2, 0.25) is 0 Å². The zero-order chi connectivity index (χ0) is 16.2. The number of nitrogens with zero attached hydrogens (tertiary/aromatic N) is 4. The van der Waals surface area contributed by atoms with Gasteiger partial charge in [-0.25, -0.2) is 9.97 Å². The lowest BCUT2D eigenvalue weighted by molar-refractivity contribution is 0.0658. The van der Waals surface area contributed by atoms with Crippen LogP contribution in [0, 0.1) is 0 Å². The van der Waals surface area contributed by atoms with E-state index in [-0.39, 0.29) is 5.91 Å².